The minimum atomic E-state index is -0.563. The van der Waals surface area contributed by atoms with Crippen molar-refractivity contribution in [3.8, 4) is 11.5 Å². The quantitative estimate of drug-likeness (QED) is 0.0971. The number of benzene rings is 3. The van der Waals surface area contributed by atoms with E-state index in [0.717, 1.165) is 24.9 Å². The van der Waals surface area contributed by atoms with Crippen LogP contribution in [0.4, 0.5) is 0 Å². The second-order valence-corrected chi connectivity index (χ2v) is 12.3. The normalized spacial score (nSPS) is 13.9. The molecule has 0 aliphatic carbocycles. The Labute approximate surface area is 219 Å². The number of unbranched alkanes of at least 4 members (excludes halogenated alkanes) is 2. The van der Waals surface area contributed by atoms with E-state index in [9.17, 15) is 10.2 Å². The van der Waals surface area contributed by atoms with Gasteiger partial charge in [0.15, 0.2) is 11.5 Å². The van der Waals surface area contributed by atoms with Crippen molar-refractivity contribution >= 4 is 18.5 Å². The van der Waals surface area contributed by atoms with Crippen LogP contribution in [0.3, 0.4) is 0 Å². The van der Waals surface area contributed by atoms with Crippen molar-refractivity contribution in [3.63, 3.8) is 0 Å². The Balaban J connectivity index is 1.83. The summed E-state index contributed by atoms with van der Waals surface area (Å²) in [6.45, 7) is 12.4. The lowest BCUT2D eigenvalue weighted by Crippen LogP contribution is -2.42. The Morgan fingerprint density at radius 1 is 0.861 bits per heavy atom. The Morgan fingerprint density at radius 2 is 1.47 bits per heavy atom. The summed E-state index contributed by atoms with van der Waals surface area (Å²) in [4.78, 5) is 0. The van der Waals surface area contributed by atoms with Crippen LogP contribution in [0, 0.1) is 5.92 Å². The predicted octanol–water partition coefficient (Wildman–Crippen LogP) is 6.89. The van der Waals surface area contributed by atoms with Gasteiger partial charge in [-0.05, 0) is 74.6 Å². The second-order valence-electron chi connectivity index (χ2n) is 9.74. The smallest absolute Gasteiger partial charge is 0.157 e. The van der Waals surface area contributed by atoms with Gasteiger partial charge in [-0.3, -0.25) is 0 Å². The zero-order chi connectivity index (χ0) is 25.9. The molecule has 0 aromatic heterocycles. The third kappa shape index (κ3) is 7.69. The van der Waals surface area contributed by atoms with Gasteiger partial charge < -0.3 is 15.5 Å². The molecule has 3 nitrogen and oxygen atoms in total. The number of hydrogen-bond acceptors (Lipinski definition) is 3. The lowest BCUT2D eigenvalue weighted by molar-refractivity contribution is 0.400. The molecule has 3 aromatic carbocycles. The first-order valence-corrected chi connectivity index (χ1v) is 14.6. The van der Waals surface area contributed by atoms with Crippen LogP contribution in [-0.2, 0) is 6.42 Å². The summed E-state index contributed by atoms with van der Waals surface area (Å²) in [6.07, 6.45) is 5.48. The van der Waals surface area contributed by atoms with Crippen LogP contribution in [0.5, 0.6) is 11.5 Å². The molecule has 2 unspecified atom stereocenters. The van der Waals surface area contributed by atoms with Crippen LogP contribution < -0.4 is 15.9 Å². The van der Waals surface area contributed by atoms with E-state index in [4.69, 9.17) is 0 Å². The summed E-state index contributed by atoms with van der Waals surface area (Å²) in [5.74, 6) is 0.196. The highest BCUT2D eigenvalue weighted by Crippen LogP contribution is 2.46. The Morgan fingerprint density at radius 3 is 2.03 bits per heavy atom. The Kier molecular flexibility index (Phi) is 11.0. The zero-order valence-corrected chi connectivity index (χ0v) is 22.9. The largest absolute Gasteiger partial charge is 0.504 e. The molecule has 0 aliphatic heterocycles. The Bertz CT molecular complexity index is 1030. The van der Waals surface area contributed by atoms with E-state index >= 15 is 0 Å². The molecule has 3 N–H and O–H groups in total. The molecule has 0 radical (unpaired) electrons. The first kappa shape index (κ1) is 28.0. The minimum Gasteiger partial charge on any atom is -0.504 e. The van der Waals surface area contributed by atoms with Gasteiger partial charge in [-0.2, -0.15) is 0 Å². The average Bonchev–Trinajstić information content (AvgIpc) is 2.88. The van der Waals surface area contributed by atoms with E-state index in [1.165, 1.54) is 35.4 Å². The van der Waals surface area contributed by atoms with E-state index in [1.807, 2.05) is 6.07 Å². The van der Waals surface area contributed by atoms with Gasteiger partial charge >= 0.3 is 0 Å². The number of hydrogen-bond donors (Lipinski definition) is 3. The molecule has 0 aliphatic rings. The number of phenols is 2. The van der Waals surface area contributed by atoms with Crippen molar-refractivity contribution in [1.82, 2.24) is 5.32 Å². The molecule has 3 aromatic rings. The van der Waals surface area contributed by atoms with E-state index < -0.39 is 7.92 Å². The van der Waals surface area contributed by atoms with E-state index in [1.54, 1.807) is 12.1 Å². The number of rotatable bonds is 14. The molecule has 0 saturated carbocycles. The van der Waals surface area contributed by atoms with Crippen LogP contribution in [0.2, 0.25) is 0 Å². The summed E-state index contributed by atoms with van der Waals surface area (Å²) >= 11 is 0. The predicted molar refractivity (Wildman–Crippen MR) is 156 cm³/mol. The van der Waals surface area contributed by atoms with Crippen LogP contribution in [0.25, 0.3) is 0 Å². The summed E-state index contributed by atoms with van der Waals surface area (Å²) in [5, 5.41) is 26.0. The number of phenolic OH excluding ortho intramolecular Hbond substituents is 2. The highest BCUT2D eigenvalue weighted by Gasteiger charge is 2.33. The third-order valence-corrected chi connectivity index (χ3v) is 9.87. The molecule has 0 saturated heterocycles. The molecule has 3 atom stereocenters. The zero-order valence-electron chi connectivity index (χ0n) is 22.0. The fraction of sp³-hybridized carbons (Fsp3) is 0.375. The van der Waals surface area contributed by atoms with Gasteiger partial charge in [0, 0.05) is 12.0 Å². The molecule has 0 bridgehead atoms. The van der Waals surface area contributed by atoms with Gasteiger partial charge in [-0.15, -0.1) is 0 Å². The summed E-state index contributed by atoms with van der Waals surface area (Å²) in [7, 11) is -0.563. The van der Waals surface area contributed by atoms with Gasteiger partial charge in [-0.1, -0.05) is 106 Å². The molecule has 0 fully saturated rings. The van der Waals surface area contributed by atoms with Crippen LogP contribution >= 0.6 is 7.92 Å². The van der Waals surface area contributed by atoms with Gasteiger partial charge in [0.05, 0.1) is 0 Å². The SMILES string of the molecule is C=C(CCCCC)C(C(C)NCCc1ccc(O)c(O)c1)[C@H](C)P(c1ccccc1)c1ccccc1. The maximum absolute atomic E-state index is 9.84. The molecule has 0 spiro atoms. The number of nitrogens with one attached hydrogen (secondary N) is 1. The topological polar surface area (TPSA) is 52.5 Å². The molecule has 36 heavy (non-hydrogen) atoms. The highest BCUT2D eigenvalue weighted by atomic mass is 31.1. The fourth-order valence-corrected chi connectivity index (χ4v) is 8.15. The van der Waals surface area contributed by atoms with Crippen molar-refractivity contribution in [1.29, 1.82) is 0 Å². The molecule has 4 heteroatoms. The molecule has 0 amide bonds. The van der Waals surface area contributed by atoms with Crippen molar-refractivity contribution in [2.75, 3.05) is 6.54 Å². The van der Waals surface area contributed by atoms with Gasteiger partial charge in [0.1, 0.15) is 0 Å². The fourth-order valence-electron chi connectivity index (χ4n) is 5.13. The van der Waals surface area contributed by atoms with Crippen molar-refractivity contribution in [2.24, 2.45) is 5.92 Å². The van der Waals surface area contributed by atoms with Gasteiger partial charge in [0.25, 0.3) is 0 Å². The van der Waals surface area contributed by atoms with Gasteiger partial charge in [-0.25, -0.2) is 0 Å². The molecule has 0 heterocycles. The molecular formula is C32H42NO2P. The lowest BCUT2D eigenvalue weighted by Gasteiger charge is -2.37. The first-order valence-electron chi connectivity index (χ1n) is 13.2. The third-order valence-electron chi connectivity index (χ3n) is 7.03. The van der Waals surface area contributed by atoms with Crippen molar-refractivity contribution in [2.45, 2.75) is 64.6 Å². The van der Waals surface area contributed by atoms with E-state index in [-0.39, 0.29) is 17.5 Å². The second kappa shape index (κ2) is 14.2. The monoisotopic (exact) mass is 503 g/mol. The van der Waals surface area contributed by atoms with Crippen LogP contribution in [0.1, 0.15) is 52.0 Å². The average molecular weight is 504 g/mol. The molecular weight excluding hydrogens is 461 g/mol. The standard InChI is InChI=1S/C32H42NO2P/c1-5-6-9-14-24(2)32(25(3)33-22-21-27-19-20-30(34)31(35)23-27)26(4)36(28-15-10-7-11-16-28)29-17-12-8-13-18-29/h7-8,10-13,15-20,23,25-26,32-35H,2,5-6,9,14,21-22H2,1,3-4H3/t25?,26-,32?/m0/s1. The highest BCUT2D eigenvalue weighted by molar-refractivity contribution is 7.73. The lowest BCUT2D eigenvalue weighted by atomic mass is 9.87. The van der Waals surface area contributed by atoms with E-state index in [2.05, 4.69) is 93.3 Å². The van der Waals surface area contributed by atoms with Crippen LogP contribution in [0.15, 0.2) is 91.0 Å². The van der Waals surface area contributed by atoms with Gasteiger partial charge in [0.2, 0.25) is 0 Å². The maximum atomic E-state index is 9.84. The Hall–Kier alpha value is -2.61. The van der Waals surface area contributed by atoms with Crippen molar-refractivity contribution in [3.05, 3.63) is 96.6 Å². The molecule has 192 valence electrons. The number of aromatic hydroxyl groups is 2. The summed E-state index contributed by atoms with van der Waals surface area (Å²) in [5.41, 5.74) is 2.77. The maximum Gasteiger partial charge on any atom is 0.157 e. The summed E-state index contributed by atoms with van der Waals surface area (Å²) < 4.78 is 0. The van der Waals surface area contributed by atoms with Crippen molar-refractivity contribution < 1.29 is 10.2 Å². The van der Waals surface area contributed by atoms with E-state index in [0.29, 0.717) is 11.6 Å². The minimum absolute atomic E-state index is 0.0623. The summed E-state index contributed by atoms with van der Waals surface area (Å²) in [6, 6.07) is 27.3. The molecule has 3 rings (SSSR count). The first-order chi connectivity index (χ1) is 17.4. The van der Waals surface area contributed by atoms with Crippen LogP contribution in [-0.4, -0.2) is 28.5 Å².